The van der Waals surface area contributed by atoms with Gasteiger partial charge in [-0.25, -0.2) is 0 Å². The number of hydrogen-bond acceptors (Lipinski definition) is 2. The maximum Gasteiger partial charge on any atom is 0.141 e. The molecular weight excluding hydrogens is 246 g/mol. The minimum atomic E-state index is 0.140. The Labute approximate surface area is 114 Å². The smallest absolute Gasteiger partial charge is 0.141 e. The van der Waals surface area contributed by atoms with E-state index >= 15 is 0 Å². The van der Waals surface area contributed by atoms with Crippen LogP contribution in [0, 0.1) is 11.8 Å². The molecule has 0 radical (unpaired) electrons. The highest BCUT2D eigenvalue weighted by Gasteiger charge is 2.11. The van der Waals surface area contributed by atoms with Crippen LogP contribution in [-0.4, -0.2) is 12.6 Å². The van der Waals surface area contributed by atoms with E-state index in [1.165, 1.54) is 0 Å². The molecule has 0 saturated heterocycles. The first-order valence-electron chi connectivity index (χ1n) is 6.24. The van der Waals surface area contributed by atoms with Gasteiger partial charge in [-0.2, -0.15) is 0 Å². The first-order chi connectivity index (χ1) is 8.69. The number of nitrogens with two attached hydrogens (primary N) is 1. The summed E-state index contributed by atoms with van der Waals surface area (Å²) in [7, 11) is 0. The third-order valence-corrected chi connectivity index (χ3v) is 3.00. The lowest BCUT2D eigenvalue weighted by Crippen LogP contribution is -2.21. The Kier molecular flexibility index (Phi) is 6.64. The molecule has 98 valence electrons. The molecule has 0 aliphatic carbocycles. The summed E-state index contributed by atoms with van der Waals surface area (Å²) in [4.78, 5) is 0. The van der Waals surface area contributed by atoms with E-state index in [4.69, 9.17) is 22.1 Å². The molecule has 0 aromatic heterocycles. The SMILES string of the molecule is CC#CCCOc1c(Cl)cccc1CC(N)CC. The van der Waals surface area contributed by atoms with Crippen molar-refractivity contribution in [2.75, 3.05) is 6.61 Å². The van der Waals surface area contributed by atoms with Crippen molar-refractivity contribution in [2.45, 2.75) is 39.2 Å². The molecule has 0 aliphatic heterocycles. The third kappa shape index (κ3) is 4.60. The van der Waals surface area contributed by atoms with Crippen LogP contribution < -0.4 is 10.5 Å². The van der Waals surface area contributed by atoms with E-state index in [2.05, 4.69) is 18.8 Å². The molecule has 0 spiro atoms. The van der Waals surface area contributed by atoms with E-state index in [0.717, 1.165) is 24.2 Å². The molecule has 0 saturated carbocycles. The minimum absolute atomic E-state index is 0.140. The highest BCUT2D eigenvalue weighted by atomic mass is 35.5. The Morgan fingerprint density at radius 1 is 1.44 bits per heavy atom. The maximum atomic E-state index is 6.17. The number of rotatable bonds is 6. The van der Waals surface area contributed by atoms with Crippen LogP contribution in [0.25, 0.3) is 0 Å². The summed E-state index contributed by atoms with van der Waals surface area (Å²) >= 11 is 6.17. The average Bonchev–Trinajstić information content (AvgIpc) is 2.37. The fraction of sp³-hybridized carbons (Fsp3) is 0.467. The monoisotopic (exact) mass is 265 g/mol. The molecule has 2 nitrogen and oxygen atoms in total. The maximum absolute atomic E-state index is 6.17. The van der Waals surface area contributed by atoms with Crippen molar-refractivity contribution in [3.8, 4) is 17.6 Å². The second-order valence-corrected chi connectivity index (χ2v) is 4.53. The zero-order valence-electron chi connectivity index (χ0n) is 11.0. The quantitative estimate of drug-likeness (QED) is 0.632. The molecule has 0 amide bonds. The predicted octanol–water partition coefficient (Wildman–Crippen LogP) is 3.41. The lowest BCUT2D eigenvalue weighted by Gasteiger charge is -2.15. The Morgan fingerprint density at radius 2 is 2.22 bits per heavy atom. The zero-order valence-corrected chi connectivity index (χ0v) is 11.8. The van der Waals surface area contributed by atoms with Gasteiger partial charge in [-0.15, -0.1) is 11.8 Å². The second-order valence-electron chi connectivity index (χ2n) is 4.13. The van der Waals surface area contributed by atoms with Crippen LogP contribution in [0.15, 0.2) is 18.2 Å². The van der Waals surface area contributed by atoms with Crippen LogP contribution in [0.4, 0.5) is 0 Å². The summed E-state index contributed by atoms with van der Waals surface area (Å²) in [5.74, 6) is 6.56. The third-order valence-electron chi connectivity index (χ3n) is 2.71. The van der Waals surface area contributed by atoms with Crippen LogP contribution in [0.3, 0.4) is 0 Å². The van der Waals surface area contributed by atoms with Gasteiger partial charge in [-0.1, -0.05) is 30.7 Å². The number of hydrogen-bond donors (Lipinski definition) is 1. The molecule has 0 bridgehead atoms. The van der Waals surface area contributed by atoms with Crippen molar-refractivity contribution in [1.29, 1.82) is 0 Å². The Bertz CT molecular complexity index is 434. The largest absolute Gasteiger partial charge is 0.491 e. The van der Waals surface area contributed by atoms with Crippen molar-refractivity contribution in [1.82, 2.24) is 0 Å². The average molecular weight is 266 g/mol. The Balaban J connectivity index is 2.75. The van der Waals surface area contributed by atoms with Crippen LogP contribution in [-0.2, 0) is 6.42 Å². The van der Waals surface area contributed by atoms with Gasteiger partial charge in [-0.3, -0.25) is 0 Å². The minimum Gasteiger partial charge on any atom is -0.491 e. The topological polar surface area (TPSA) is 35.2 Å². The Morgan fingerprint density at radius 3 is 2.89 bits per heavy atom. The molecule has 18 heavy (non-hydrogen) atoms. The number of para-hydroxylation sites is 1. The first kappa shape index (κ1) is 14.9. The van der Waals surface area contributed by atoms with Gasteiger partial charge in [0, 0.05) is 12.5 Å². The second kappa shape index (κ2) is 8.02. The van der Waals surface area contributed by atoms with Gasteiger partial charge in [0.25, 0.3) is 0 Å². The van der Waals surface area contributed by atoms with E-state index in [1.807, 2.05) is 25.1 Å². The molecule has 0 fully saturated rings. The van der Waals surface area contributed by atoms with Gasteiger partial charge in [-0.05, 0) is 31.4 Å². The molecule has 1 rings (SSSR count). The molecule has 0 heterocycles. The van der Waals surface area contributed by atoms with Gasteiger partial charge in [0.1, 0.15) is 5.75 Å². The number of ether oxygens (including phenoxy) is 1. The summed E-state index contributed by atoms with van der Waals surface area (Å²) in [6.07, 6.45) is 2.43. The van der Waals surface area contributed by atoms with E-state index in [-0.39, 0.29) is 6.04 Å². The Hall–Kier alpha value is -1.17. The van der Waals surface area contributed by atoms with Crippen molar-refractivity contribution < 1.29 is 4.74 Å². The van der Waals surface area contributed by atoms with Crippen molar-refractivity contribution in [3.05, 3.63) is 28.8 Å². The standard InChI is InChI=1S/C15H20ClNO/c1-3-5-6-10-18-15-12(11-13(17)4-2)8-7-9-14(15)16/h7-9,13H,4,6,10-11,17H2,1-2H3. The summed E-state index contributed by atoms with van der Waals surface area (Å²) in [5.41, 5.74) is 7.05. The van der Waals surface area contributed by atoms with Crippen LogP contribution in [0.1, 0.15) is 32.3 Å². The van der Waals surface area contributed by atoms with Gasteiger partial charge in [0.05, 0.1) is 11.6 Å². The molecule has 1 unspecified atom stereocenters. The van der Waals surface area contributed by atoms with Gasteiger partial charge >= 0.3 is 0 Å². The number of benzene rings is 1. The van der Waals surface area contributed by atoms with Crippen molar-refractivity contribution in [3.63, 3.8) is 0 Å². The fourth-order valence-electron chi connectivity index (χ4n) is 1.63. The normalized spacial score (nSPS) is 11.6. The summed E-state index contributed by atoms with van der Waals surface area (Å²) in [6.45, 7) is 4.45. The zero-order chi connectivity index (χ0) is 13.4. The molecule has 1 aromatic rings. The summed E-state index contributed by atoms with van der Waals surface area (Å²) < 4.78 is 5.73. The van der Waals surface area contributed by atoms with E-state index in [9.17, 15) is 0 Å². The molecular formula is C15H20ClNO. The molecule has 1 aromatic carbocycles. The summed E-state index contributed by atoms with van der Waals surface area (Å²) in [5, 5.41) is 0.639. The number of halogens is 1. The van der Waals surface area contributed by atoms with Crippen molar-refractivity contribution in [2.24, 2.45) is 5.73 Å². The lowest BCUT2D eigenvalue weighted by molar-refractivity contribution is 0.323. The molecule has 1 atom stereocenters. The van der Waals surface area contributed by atoms with Crippen molar-refractivity contribution >= 4 is 11.6 Å². The molecule has 2 N–H and O–H groups in total. The van der Waals surface area contributed by atoms with Gasteiger partial charge < -0.3 is 10.5 Å². The predicted molar refractivity (Wildman–Crippen MR) is 77.0 cm³/mol. The highest BCUT2D eigenvalue weighted by molar-refractivity contribution is 6.32. The van der Waals surface area contributed by atoms with E-state index in [0.29, 0.717) is 18.1 Å². The summed E-state index contributed by atoms with van der Waals surface area (Å²) in [6, 6.07) is 5.92. The van der Waals surface area contributed by atoms with Crippen LogP contribution >= 0.6 is 11.6 Å². The fourth-order valence-corrected chi connectivity index (χ4v) is 1.88. The molecule has 3 heteroatoms. The van der Waals surface area contributed by atoms with Crippen LogP contribution in [0.2, 0.25) is 5.02 Å². The van der Waals surface area contributed by atoms with E-state index < -0.39 is 0 Å². The highest BCUT2D eigenvalue weighted by Crippen LogP contribution is 2.29. The van der Waals surface area contributed by atoms with Gasteiger partial charge in [0.15, 0.2) is 0 Å². The van der Waals surface area contributed by atoms with Crippen LogP contribution in [0.5, 0.6) is 5.75 Å². The lowest BCUT2D eigenvalue weighted by atomic mass is 10.0. The first-order valence-corrected chi connectivity index (χ1v) is 6.62. The van der Waals surface area contributed by atoms with E-state index in [1.54, 1.807) is 0 Å². The van der Waals surface area contributed by atoms with Gasteiger partial charge in [0.2, 0.25) is 0 Å². The molecule has 0 aliphatic rings.